The van der Waals surface area contributed by atoms with Gasteiger partial charge in [0, 0.05) is 6.54 Å². The Labute approximate surface area is 109 Å². The first kappa shape index (κ1) is 12.4. The van der Waals surface area contributed by atoms with Crippen LogP contribution in [0.25, 0.3) is 0 Å². The van der Waals surface area contributed by atoms with Gasteiger partial charge in [-0.2, -0.15) is 0 Å². The second-order valence-electron chi connectivity index (χ2n) is 3.55. The molecule has 1 aromatic heterocycles. The number of hydrogen-bond acceptors (Lipinski definition) is 3. The van der Waals surface area contributed by atoms with Crippen LogP contribution in [0.15, 0.2) is 24.4 Å². The fraction of sp³-hybridized carbons (Fsp3) is 0.273. The fourth-order valence-corrected chi connectivity index (χ4v) is 1.88. The maximum atomic E-state index is 10.2. The van der Waals surface area contributed by atoms with Gasteiger partial charge in [0.1, 0.15) is 6.10 Å². The first-order chi connectivity index (χ1) is 8.13. The standard InChI is InChI=1S/C11H11Cl2N3O/c1-2-16-10(6-14-15-16)11(17)7-3-4-8(12)9(13)5-7/h3-6,11,17H,2H2,1H3. The second kappa shape index (κ2) is 5.04. The van der Waals surface area contributed by atoms with Crippen molar-refractivity contribution < 1.29 is 5.11 Å². The molecule has 0 aliphatic heterocycles. The van der Waals surface area contributed by atoms with Gasteiger partial charge in [-0.1, -0.05) is 34.5 Å². The van der Waals surface area contributed by atoms with E-state index in [2.05, 4.69) is 10.3 Å². The zero-order valence-corrected chi connectivity index (χ0v) is 10.7. The van der Waals surface area contributed by atoms with Crippen molar-refractivity contribution in [3.05, 3.63) is 45.7 Å². The van der Waals surface area contributed by atoms with E-state index in [0.717, 1.165) is 0 Å². The van der Waals surface area contributed by atoms with Crippen molar-refractivity contribution in [2.24, 2.45) is 0 Å². The molecule has 0 bridgehead atoms. The van der Waals surface area contributed by atoms with Crippen LogP contribution in [-0.2, 0) is 6.54 Å². The minimum absolute atomic E-state index is 0.415. The maximum absolute atomic E-state index is 10.2. The van der Waals surface area contributed by atoms with E-state index in [4.69, 9.17) is 23.2 Å². The van der Waals surface area contributed by atoms with Crippen molar-refractivity contribution in [2.75, 3.05) is 0 Å². The van der Waals surface area contributed by atoms with Gasteiger partial charge in [-0.15, -0.1) is 5.10 Å². The molecule has 2 rings (SSSR count). The first-order valence-corrected chi connectivity index (χ1v) is 5.90. The maximum Gasteiger partial charge on any atom is 0.122 e. The second-order valence-corrected chi connectivity index (χ2v) is 4.37. The van der Waals surface area contributed by atoms with Crippen molar-refractivity contribution in [3.8, 4) is 0 Å². The zero-order valence-electron chi connectivity index (χ0n) is 9.14. The molecule has 1 aromatic carbocycles. The Morgan fingerprint density at radius 1 is 1.35 bits per heavy atom. The Morgan fingerprint density at radius 2 is 2.12 bits per heavy atom. The van der Waals surface area contributed by atoms with Crippen LogP contribution in [-0.4, -0.2) is 20.1 Å². The number of aliphatic hydroxyl groups is 1. The van der Waals surface area contributed by atoms with Crippen LogP contribution in [0.3, 0.4) is 0 Å². The van der Waals surface area contributed by atoms with Gasteiger partial charge < -0.3 is 5.11 Å². The van der Waals surface area contributed by atoms with Crippen LogP contribution in [0.4, 0.5) is 0 Å². The molecular formula is C11H11Cl2N3O. The van der Waals surface area contributed by atoms with E-state index in [1.807, 2.05) is 6.92 Å². The largest absolute Gasteiger partial charge is 0.382 e. The number of nitrogens with zero attached hydrogens (tertiary/aromatic N) is 3. The van der Waals surface area contributed by atoms with E-state index in [-0.39, 0.29) is 0 Å². The summed E-state index contributed by atoms with van der Waals surface area (Å²) in [5.41, 5.74) is 1.29. The predicted molar refractivity (Wildman–Crippen MR) is 66.2 cm³/mol. The molecule has 0 amide bonds. The summed E-state index contributed by atoms with van der Waals surface area (Å²) in [7, 11) is 0. The minimum Gasteiger partial charge on any atom is -0.382 e. The molecule has 1 atom stereocenters. The van der Waals surface area contributed by atoms with Gasteiger partial charge in [0.2, 0.25) is 0 Å². The molecule has 17 heavy (non-hydrogen) atoms. The lowest BCUT2D eigenvalue weighted by Gasteiger charge is -2.12. The highest BCUT2D eigenvalue weighted by Crippen LogP contribution is 2.28. The molecule has 0 fully saturated rings. The monoisotopic (exact) mass is 271 g/mol. The van der Waals surface area contributed by atoms with Crippen molar-refractivity contribution in [3.63, 3.8) is 0 Å². The van der Waals surface area contributed by atoms with Gasteiger partial charge in [-0.25, -0.2) is 4.68 Å². The number of benzene rings is 1. The summed E-state index contributed by atoms with van der Waals surface area (Å²) in [6, 6.07) is 5.02. The fourth-order valence-electron chi connectivity index (χ4n) is 1.58. The van der Waals surface area contributed by atoms with Gasteiger partial charge in [-0.05, 0) is 24.6 Å². The van der Waals surface area contributed by atoms with Crippen LogP contribution in [0.2, 0.25) is 10.0 Å². The smallest absolute Gasteiger partial charge is 0.122 e. The van der Waals surface area contributed by atoms with E-state index in [9.17, 15) is 5.11 Å². The van der Waals surface area contributed by atoms with E-state index < -0.39 is 6.10 Å². The average molecular weight is 272 g/mol. The van der Waals surface area contributed by atoms with Gasteiger partial charge in [-0.3, -0.25) is 0 Å². The summed E-state index contributed by atoms with van der Waals surface area (Å²) < 4.78 is 1.63. The third kappa shape index (κ3) is 2.44. The van der Waals surface area contributed by atoms with Crippen LogP contribution in [0.5, 0.6) is 0 Å². The quantitative estimate of drug-likeness (QED) is 0.934. The number of halogens is 2. The Balaban J connectivity index is 2.36. The Morgan fingerprint density at radius 3 is 2.76 bits per heavy atom. The van der Waals surface area contributed by atoms with Gasteiger partial charge in [0.15, 0.2) is 0 Å². The molecule has 0 saturated carbocycles. The molecule has 2 aromatic rings. The SMILES string of the molecule is CCn1nncc1C(O)c1ccc(Cl)c(Cl)c1. The molecule has 0 aliphatic rings. The zero-order chi connectivity index (χ0) is 12.4. The van der Waals surface area contributed by atoms with E-state index >= 15 is 0 Å². The number of aliphatic hydroxyl groups excluding tert-OH is 1. The molecule has 90 valence electrons. The lowest BCUT2D eigenvalue weighted by Crippen LogP contribution is -2.09. The molecule has 4 nitrogen and oxygen atoms in total. The lowest BCUT2D eigenvalue weighted by atomic mass is 10.1. The highest BCUT2D eigenvalue weighted by atomic mass is 35.5. The molecule has 1 unspecified atom stereocenters. The van der Waals surface area contributed by atoms with Crippen molar-refractivity contribution in [1.82, 2.24) is 15.0 Å². The topological polar surface area (TPSA) is 50.9 Å². The van der Waals surface area contributed by atoms with Crippen molar-refractivity contribution >= 4 is 23.2 Å². The molecule has 1 heterocycles. The number of rotatable bonds is 3. The summed E-state index contributed by atoms with van der Waals surface area (Å²) in [6.45, 7) is 2.58. The molecule has 1 N–H and O–H groups in total. The van der Waals surface area contributed by atoms with Crippen LogP contribution in [0, 0.1) is 0 Å². The Hall–Kier alpha value is -1.10. The number of hydrogen-bond donors (Lipinski definition) is 1. The molecule has 0 saturated heterocycles. The van der Waals surface area contributed by atoms with Crippen molar-refractivity contribution in [2.45, 2.75) is 19.6 Å². The molecule has 0 radical (unpaired) electrons. The number of aryl methyl sites for hydroxylation is 1. The third-order valence-electron chi connectivity index (χ3n) is 2.49. The molecule has 0 spiro atoms. The van der Waals surface area contributed by atoms with Gasteiger partial charge in [0.25, 0.3) is 0 Å². The minimum atomic E-state index is -0.806. The van der Waals surface area contributed by atoms with Gasteiger partial charge >= 0.3 is 0 Å². The molecule has 0 aliphatic carbocycles. The third-order valence-corrected chi connectivity index (χ3v) is 3.23. The van der Waals surface area contributed by atoms with Crippen LogP contribution < -0.4 is 0 Å². The summed E-state index contributed by atoms with van der Waals surface area (Å²) in [5.74, 6) is 0. The lowest BCUT2D eigenvalue weighted by molar-refractivity contribution is 0.208. The molecular weight excluding hydrogens is 261 g/mol. The van der Waals surface area contributed by atoms with Gasteiger partial charge in [0.05, 0.1) is 21.9 Å². The van der Waals surface area contributed by atoms with Crippen LogP contribution >= 0.6 is 23.2 Å². The predicted octanol–water partition coefficient (Wildman–Crippen LogP) is 2.69. The normalized spacial score (nSPS) is 12.7. The van der Waals surface area contributed by atoms with Crippen molar-refractivity contribution in [1.29, 1.82) is 0 Å². The number of aromatic nitrogens is 3. The Bertz CT molecular complexity index is 527. The van der Waals surface area contributed by atoms with E-state index in [1.165, 1.54) is 6.20 Å². The molecule has 6 heteroatoms. The summed E-state index contributed by atoms with van der Waals surface area (Å²) in [4.78, 5) is 0. The summed E-state index contributed by atoms with van der Waals surface area (Å²) >= 11 is 11.7. The highest BCUT2D eigenvalue weighted by Gasteiger charge is 2.16. The van der Waals surface area contributed by atoms with E-state index in [1.54, 1.807) is 22.9 Å². The van der Waals surface area contributed by atoms with Crippen LogP contribution in [0.1, 0.15) is 24.3 Å². The highest BCUT2D eigenvalue weighted by molar-refractivity contribution is 6.42. The Kier molecular flexibility index (Phi) is 3.66. The first-order valence-electron chi connectivity index (χ1n) is 5.15. The average Bonchev–Trinajstić information content (AvgIpc) is 2.80. The summed E-state index contributed by atoms with van der Waals surface area (Å²) in [5, 5.41) is 18.7. The summed E-state index contributed by atoms with van der Waals surface area (Å²) in [6.07, 6.45) is 0.733. The van der Waals surface area contributed by atoms with E-state index in [0.29, 0.717) is 27.8 Å².